The highest BCUT2D eigenvalue weighted by molar-refractivity contribution is 5.82. The Morgan fingerprint density at radius 3 is 2.43 bits per heavy atom. The third-order valence-electron chi connectivity index (χ3n) is 3.55. The summed E-state index contributed by atoms with van der Waals surface area (Å²) in [6, 6.07) is 6.20. The van der Waals surface area contributed by atoms with E-state index in [2.05, 4.69) is 0 Å². The number of fused-ring (bicyclic) bond motifs is 1. The van der Waals surface area contributed by atoms with Crippen molar-refractivity contribution in [3.05, 3.63) is 35.4 Å². The molecule has 1 atom stereocenters. The lowest BCUT2D eigenvalue weighted by atomic mass is 9.91. The van der Waals surface area contributed by atoms with Crippen LogP contribution in [0.15, 0.2) is 24.3 Å². The number of amides is 1. The molecule has 1 amide bonds. The van der Waals surface area contributed by atoms with Crippen molar-refractivity contribution in [1.82, 2.24) is 4.90 Å². The molecule has 1 aromatic carbocycles. The molecule has 1 unspecified atom stereocenters. The summed E-state index contributed by atoms with van der Waals surface area (Å²) in [4.78, 5) is 22.9. The maximum atomic E-state index is 12.7. The van der Waals surface area contributed by atoms with Crippen LogP contribution in [0.25, 0.3) is 0 Å². The third-order valence-corrected chi connectivity index (χ3v) is 3.55. The minimum atomic E-state index is -4.95. The van der Waals surface area contributed by atoms with Gasteiger partial charge in [0.1, 0.15) is 0 Å². The van der Waals surface area contributed by atoms with Crippen molar-refractivity contribution in [2.45, 2.75) is 38.0 Å². The topological polar surface area (TPSA) is 57.6 Å². The number of carbonyl (C=O) groups excluding carboxylic acids is 1. The van der Waals surface area contributed by atoms with E-state index in [0.717, 1.165) is 10.5 Å². The number of carboxylic acid groups (broad SMARTS) is 1. The lowest BCUT2D eigenvalue weighted by Crippen LogP contribution is -2.49. The number of halogens is 3. The summed E-state index contributed by atoms with van der Waals surface area (Å²) in [5.41, 5.74) is 1.53. The molecule has 0 bridgehead atoms. The van der Waals surface area contributed by atoms with E-state index in [1.54, 1.807) is 24.3 Å². The monoisotopic (exact) mass is 301 g/mol. The van der Waals surface area contributed by atoms with E-state index in [0.29, 0.717) is 5.56 Å². The first-order valence-corrected chi connectivity index (χ1v) is 6.45. The lowest BCUT2D eigenvalue weighted by Gasteiger charge is -2.37. The van der Waals surface area contributed by atoms with E-state index in [1.807, 2.05) is 0 Å². The fourth-order valence-electron chi connectivity index (χ4n) is 2.54. The van der Waals surface area contributed by atoms with E-state index < -0.39 is 24.1 Å². The summed E-state index contributed by atoms with van der Waals surface area (Å²) >= 11 is 0. The second-order valence-electron chi connectivity index (χ2n) is 4.99. The molecule has 2 rings (SSSR count). The molecule has 114 valence electrons. The number of rotatable bonds is 3. The minimum absolute atomic E-state index is 0.00544. The van der Waals surface area contributed by atoms with Gasteiger partial charge < -0.3 is 10.0 Å². The van der Waals surface area contributed by atoms with Crippen molar-refractivity contribution >= 4 is 11.9 Å². The van der Waals surface area contributed by atoms with Crippen LogP contribution in [0.1, 0.15) is 24.0 Å². The van der Waals surface area contributed by atoms with Gasteiger partial charge in [0, 0.05) is 19.0 Å². The predicted octanol–water partition coefficient (Wildman–Crippen LogP) is 2.37. The van der Waals surface area contributed by atoms with Crippen LogP contribution in [0, 0.1) is 0 Å². The second kappa shape index (κ2) is 5.75. The third kappa shape index (κ3) is 3.53. The minimum Gasteiger partial charge on any atom is -0.481 e. The SMILES string of the molecule is O=C(O)CCC1Cc2ccccc2CN1C(=O)C(F)(F)F. The summed E-state index contributed by atoms with van der Waals surface area (Å²) in [6.45, 7) is -0.140. The molecule has 1 N–H and O–H groups in total. The van der Waals surface area contributed by atoms with E-state index in [9.17, 15) is 22.8 Å². The van der Waals surface area contributed by atoms with Gasteiger partial charge in [0.15, 0.2) is 0 Å². The molecular weight excluding hydrogens is 287 g/mol. The van der Waals surface area contributed by atoms with Gasteiger partial charge in [0.2, 0.25) is 0 Å². The Morgan fingerprint density at radius 2 is 1.86 bits per heavy atom. The van der Waals surface area contributed by atoms with E-state index in [1.165, 1.54) is 0 Å². The number of carbonyl (C=O) groups is 2. The summed E-state index contributed by atoms with van der Waals surface area (Å²) in [5.74, 6) is -3.00. The summed E-state index contributed by atoms with van der Waals surface area (Å²) in [7, 11) is 0. The van der Waals surface area contributed by atoms with Gasteiger partial charge in [-0.25, -0.2) is 0 Å². The Morgan fingerprint density at radius 1 is 1.24 bits per heavy atom. The molecule has 0 saturated heterocycles. The molecule has 0 aromatic heterocycles. The van der Waals surface area contributed by atoms with E-state index >= 15 is 0 Å². The fraction of sp³-hybridized carbons (Fsp3) is 0.429. The number of hydrogen-bond donors (Lipinski definition) is 1. The summed E-state index contributed by atoms with van der Waals surface area (Å²) in [6.07, 6.45) is -4.97. The average Bonchev–Trinajstić information content (AvgIpc) is 2.42. The molecule has 1 aliphatic rings. The normalized spacial score (nSPS) is 18.2. The number of carboxylic acids is 1. The van der Waals surface area contributed by atoms with E-state index in [-0.39, 0.29) is 25.8 Å². The zero-order valence-electron chi connectivity index (χ0n) is 11.1. The largest absolute Gasteiger partial charge is 0.481 e. The van der Waals surface area contributed by atoms with Crippen LogP contribution in [0.5, 0.6) is 0 Å². The maximum absolute atomic E-state index is 12.7. The number of aliphatic carboxylic acids is 1. The van der Waals surface area contributed by atoms with Gasteiger partial charge in [-0.3, -0.25) is 9.59 Å². The molecule has 7 heteroatoms. The highest BCUT2D eigenvalue weighted by atomic mass is 19.4. The van der Waals surface area contributed by atoms with Crippen molar-refractivity contribution in [3.8, 4) is 0 Å². The molecule has 21 heavy (non-hydrogen) atoms. The Hall–Kier alpha value is -2.05. The van der Waals surface area contributed by atoms with Crippen molar-refractivity contribution in [2.24, 2.45) is 0 Å². The van der Waals surface area contributed by atoms with Crippen molar-refractivity contribution in [2.75, 3.05) is 0 Å². The zero-order valence-corrected chi connectivity index (χ0v) is 11.1. The first-order valence-electron chi connectivity index (χ1n) is 6.45. The number of hydrogen-bond acceptors (Lipinski definition) is 2. The van der Waals surface area contributed by atoms with Gasteiger partial charge in [0.25, 0.3) is 0 Å². The molecular formula is C14H14F3NO3. The van der Waals surface area contributed by atoms with Crippen molar-refractivity contribution in [3.63, 3.8) is 0 Å². The van der Waals surface area contributed by atoms with Crippen LogP contribution < -0.4 is 0 Å². The van der Waals surface area contributed by atoms with Crippen LogP contribution >= 0.6 is 0 Å². The Bertz CT molecular complexity index is 557. The molecule has 0 fully saturated rings. The van der Waals surface area contributed by atoms with Crippen molar-refractivity contribution < 1.29 is 27.9 Å². The second-order valence-corrected chi connectivity index (χ2v) is 4.99. The van der Waals surface area contributed by atoms with Gasteiger partial charge in [-0.05, 0) is 24.0 Å². The highest BCUT2D eigenvalue weighted by Gasteiger charge is 2.45. The smallest absolute Gasteiger partial charge is 0.471 e. The van der Waals surface area contributed by atoms with Crippen LogP contribution in [0.2, 0.25) is 0 Å². The number of alkyl halides is 3. The van der Waals surface area contributed by atoms with Crippen LogP contribution in [-0.2, 0) is 22.6 Å². The zero-order chi connectivity index (χ0) is 15.6. The quantitative estimate of drug-likeness (QED) is 0.932. The Kier molecular flexibility index (Phi) is 4.20. The predicted molar refractivity (Wildman–Crippen MR) is 67.4 cm³/mol. The first-order chi connectivity index (χ1) is 9.79. The Labute approximate surface area is 119 Å². The first kappa shape index (κ1) is 15.3. The molecule has 1 aromatic rings. The lowest BCUT2D eigenvalue weighted by molar-refractivity contribution is -0.189. The van der Waals surface area contributed by atoms with Crippen LogP contribution in [-0.4, -0.2) is 34.1 Å². The highest BCUT2D eigenvalue weighted by Crippen LogP contribution is 2.30. The van der Waals surface area contributed by atoms with Crippen molar-refractivity contribution in [1.29, 1.82) is 0 Å². The number of nitrogens with zero attached hydrogens (tertiary/aromatic N) is 1. The van der Waals surface area contributed by atoms with Gasteiger partial charge in [-0.2, -0.15) is 13.2 Å². The van der Waals surface area contributed by atoms with Gasteiger partial charge in [0.05, 0.1) is 0 Å². The maximum Gasteiger partial charge on any atom is 0.471 e. The van der Waals surface area contributed by atoms with Crippen LogP contribution in [0.3, 0.4) is 0 Å². The molecule has 1 aliphatic heterocycles. The summed E-state index contributed by atoms with van der Waals surface area (Å²) in [5, 5.41) is 8.70. The Balaban J connectivity index is 2.26. The molecule has 0 aliphatic carbocycles. The summed E-state index contributed by atoms with van der Waals surface area (Å²) < 4.78 is 38.0. The fourth-order valence-corrected chi connectivity index (χ4v) is 2.54. The van der Waals surface area contributed by atoms with Gasteiger partial charge >= 0.3 is 18.1 Å². The van der Waals surface area contributed by atoms with Crippen LogP contribution in [0.4, 0.5) is 13.2 Å². The average molecular weight is 301 g/mol. The molecule has 0 saturated carbocycles. The molecule has 1 heterocycles. The van der Waals surface area contributed by atoms with Gasteiger partial charge in [-0.15, -0.1) is 0 Å². The molecule has 0 spiro atoms. The molecule has 4 nitrogen and oxygen atoms in total. The van der Waals surface area contributed by atoms with E-state index in [4.69, 9.17) is 5.11 Å². The number of benzene rings is 1. The molecule has 0 radical (unpaired) electrons. The standard InChI is InChI=1S/C14H14F3NO3/c15-14(16,17)13(21)18-8-10-4-2-1-3-9(10)7-11(18)5-6-12(19)20/h1-4,11H,5-8H2,(H,19,20). The van der Waals surface area contributed by atoms with Gasteiger partial charge in [-0.1, -0.05) is 24.3 Å².